The molecule has 1 aromatic rings. The predicted octanol–water partition coefficient (Wildman–Crippen LogP) is 2.90. The van der Waals surface area contributed by atoms with Crippen LogP contribution in [0.4, 0.5) is 0 Å². The van der Waals surface area contributed by atoms with Gasteiger partial charge in [0.05, 0.1) is 0 Å². The Bertz CT molecular complexity index is 715. The van der Waals surface area contributed by atoms with Crippen molar-refractivity contribution in [3.8, 4) is 0 Å². The fourth-order valence-electron chi connectivity index (χ4n) is 4.37. The Morgan fingerprint density at radius 2 is 1.77 bits per heavy atom. The van der Waals surface area contributed by atoms with E-state index in [0.717, 1.165) is 38.9 Å². The van der Waals surface area contributed by atoms with Crippen molar-refractivity contribution in [2.45, 2.75) is 45.6 Å². The van der Waals surface area contributed by atoms with Gasteiger partial charge in [-0.15, -0.1) is 0 Å². The highest BCUT2D eigenvalue weighted by Gasteiger charge is 2.45. The molecule has 1 spiro atoms. The third-order valence-electron chi connectivity index (χ3n) is 5.98. The summed E-state index contributed by atoms with van der Waals surface area (Å²) in [6.45, 7) is 8.81. The summed E-state index contributed by atoms with van der Waals surface area (Å²) in [7, 11) is -0.0544. The molecule has 146 valence electrons. The number of piperidine rings is 1. The lowest BCUT2D eigenvalue weighted by Crippen LogP contribution is -2.46. The standard InChI is InChI=1S/C20H33N3O2S/c1-17(2)19-8-6-18(7-9-19)14-22-12-5-10-20(15-22)11-13-23(16-20)26(24,25)21(3)4/h6-9,17H,5,10-16H2,1-4H3. The fraction of sp³-hybridized carbons (Fsp3) is 0.700. The molecular weight excluding hydrogens is 346 g/mol. The van der Waals surface area contributed by atoms with Gasteiger partial charge >= 0.3 is 0 Å². The maximum Gasteiger partial charge on any atom is 0.281 e. The molecule has 26 heavy (non-hydrogen) atoms. The van der Waals surface area contributed by atoms with E-state index in [2.05, 4.69) is 43.0 Å². The van der Waals surface area contributed by atoms with E-state index < -0.39 is 10.2 Å². The predicted molar refractivity (Wildman–Crippen MR) is 106 cm³/mol. The molecule has 1 aromatic carbocycles. The number of likely N-dealkylation sites (tertiary alicyclic amines) is 1. The Hall–Kier alpha value is -0.950. The topological polar surface area (TPSA) is 43.9 Å². The zero-order valence-corrected chi connectivity index (χ0v) is 17.4. The van der Waals surface area contributed by atoms with Gasteiger partial charge in [-0.1, -0.05) is 38.1 Å². The van der Waals surface area contributed by atoms with Crippen molar-refractivity contribution in [1.82, 2.24) is 13.5 Å². The van der Waals surface area contributed by atoms with Crippen LogP contribution in [0.25, 0.3) is 0 Å². The van der Waals surface area contributed by atoms with E-state index in [9.17, 15) is 8.42 Å². The first kappa shape index (κ1) is 19.8. The second-order valence-electron chi connectivity index (χ2n) is 8.58. The maximum atomic E-state index is 12.5. The quantitative estimate of drug-likeness (QED) is 0.790. The molecule has 6 heteroatoms. The minimum Gasteiger partial charge on any atom is -0.298 e. The van der Waals surface area contributed by atoms with Crippen molar-refractivity contribution in [3.63, 3.8) is 0 Å². The summed E-state index contributed by atoms with van der Waals surface area (Å²) in [5, 5.41) is 0. The van der Waals surface area contributed by atoms with Gasteiger partial charge in [0.1, 0.15) is 0 Å². The summed E-state index contributed by atoms with van der Waals surface area (Å²) < 4.78 is 27.9. The van der Waals surface area contributed by atoms with Crippen LogP contribution in [0.15, 0.2) is 24.3 Å². The molecule has 0 N–H and O–H groups in total. The SMILES string of the molecule is CC(C)c1ccc(CN2CCCC3(CCN(S(=O)(=O)N(C)C)C3)C2)cc1. The van der Waals surface area contributed by atoms with Crippen LogP contribution in [0.3, 0.4) is 0 Å². The Morgan fingerprint density at radius 1 is 1.08 bits per heavy atom. The molecular formula is C20H33N3O2S. The molecule has 0 aromatic heterocycles. The van der Waals surface area contributed by atoms with Gasteiger partial charge in [-0.3, -0.25) is 4.90 Å². The van der Waals surface area contributed by atoms with Gasteiger partial charge in [-0.05, 0) is 48.3 Å². The van der Waals surface area contributed by atoms with Crippen LogP contribution in [0.2, 0.25) is 0 Å². The fourth-order valence-corrected chi connectivity index (χ4v) is 5.59. The molecule has 0 saturated carbocycles. The highest BCUT2D eigenvalue weighted by atomic mass is 32.2. The third kappa shape index (κ3) is 4.14. The van der Waals surface area contributed by atoms with Gasteiger partial charge in [-0.25, -0.2) is 0 Å². The summed E-state index contributed by atoms with van der Waals surface area (Å²) in [5.41, 5.74) is 2.85. The largest absolute Gasteiger partial charge is 0.298 e. The van der Waals surface area contributed by atoms with Crippen LogP contribution in [-0.2, 0) is 16.8 Å². The number of benzene rings is 1. The van der Waals surface area contributed by atoms with Gasteiger partial charge in [0.2, 0.25) is 0 Å². The molecule has 0 aliphatic carbocycles. The van der Waals surface area contributed by atoms with E-state index in [-0.39, 0.29) is 5.41 Å². The minimum absolute atomic E-state index is 0.124. The smallest absolute Gasteiger partial charge is 0.281 e. The monoisotopic (exact) mass is 379 g/mol. The molecule has 0 bridgehead atoms. The Labute approximate surface area is 159 Å². The van der Waals surface area contributed by atoms with Crippen molar-refractivity contribution in [2.75, 3.05) is 40.3 Å². The van der Waals surface area contributed by atoms with Crippen LogP contribution in [0.5, 0.6) is 0 Å². The van der Waals surface area contributed by atoms with Gasteiger partial charge < -0.3 is 0 Å². The molecule has 0 radical (unpaired) electrons. The molecule has 3 rings (SSSR count). The maximum absolute atomic E-state index is 12.5. The lowest BCUT2D eigenvalue weighted by molar-refractivity contribution is 0.0932. The lowest BCUT2D eigenvalue weighted by Gasteiger charge is -2.40. The molecule has 5 nitrogen and oxygen atoms in total. The van der Waals surface area contributed by atoms with E-state index in [0.29, 0.717) is 19.0 Å². The van der Waals surface area contributed by atoms with E-state index in [4.69, 9.17) is 0 Å². The van der Waals surface area contributed by atoms with E-state index in [1.807, 2.05) is 0 Å². The Balaban J connectivity index is 1.64. The zero-order valence-electron chi connectivity index (χ0n) is 16.6. The zero-order chi connectivity index (χ0) is 18.9. The average Bonchev–Trinajstić information content (AvgIpc) is 2.99. The van der Waals surface area contributed by atoms with Gasteiger partial charge in [0, 0.05) is 40.3 Å². The van der Waals surface area contributed by atoms with Crippen LogP contribution in [0.1, 0.15) is 50.2 Å². The van der Waals surface area contributed by atoms with Gasteiger partial charge in [-0.2, -0.15) is 17.0 Å². The number of nitrogens with zero attached hydrogens (tertiary/aromatic N) is 3. The second-order valence-corrected chi connectivity index (χ2v) is 10.7. The summed E-state index contributed by atoms with van der Waals surface area (Å²) in [6, 6.07) is 8.96. The molecule has 2 aliphatic rings. The summed E-state index contributed by atoms with van der Waals surface area (Å²) in [4.78, 5) is 2.51. The molecule has 1 unspecified atom stereocenters. The second kappa shape index (κ2) is 7.58. The van der Waals surface area contributed by atoms with Crippen molar-refractivity contribution >= 4 is 10.2 Å². The van der Waals surface area contributed by atoms with Gasteiger partial charge in [0.25, 0.3) is 10.2 Å². The molecule has 2 heterocycles. The Morgan fingerprint density at radius 3 is 2.38 bits per heavy atom. The van der Waals surface area contributed by atoms with Crippen molar-refractivity contribution in [2.24, 2.45) is 5.41 Å². The molecule has 1 atom stereocenters. The van der Waals surface area contributed by atoms with Gasteiger partial charge in [0.15, 0.2) is 0 Å². The highest BCUT2D eigenvalue weighted by molar-refractivity contribution is 7.86. The first-order chi connectivity index (χ1) is 12.2. The number of hydrogen-bond acceptors (Lipinski definition) is 3. The normalized spacial score (nSPS) is 25.6. The average molecular weight is 380 g/mol. The molecule has 2 fully saturated rings. The first-order valence-electron chi connectivity index (χ1n) is 9.71. The number of hydrogen-bond donors (Lipinski definition) is 0. The summed E-state index contributed by atoms with van der Waals surface area (Å²) in [5.74, 6) is 0.561. The molecule has 0 amide bonds. The Kier molecular flexibility index (Phi) is 5.78. The van der Waals surface area contributed by atoms with E-state index in [1.54, 1.807) is 18.4 Å². The van der Waals surface area contributed by atoms with Crippen LogP contribution >= 0.6 is 0 Å². The summed E-state index contributed by atoms with van der Waals surface area (Å²) >= 11 is 0. The third-order valence-corrected chi connectivity index (χ3v) is 7.87. The van der Waals surface area contributed by atoms with Crippen LogP contribution in [0, 0.1) is 5.41 Å². The van der Waals surface area contributed by atoms with Crippen LogP contribution < -0.4 is 0 Å². The molecule has 2 aliphatic heterocycles. The first-order valence-corrected chi connectivity index (χ1v) is 11.1. The molecule has 2 saturated heterocycles. The van der Waals surface area contributed by atoms with Crippen LogP contribution in [-0.4, -0.2) is 62.2 Å². The minimum atomic E-state index is -3.29. The number of rotatable bonds is 5. The van der Waals surface area contributed by atoms with Crippen molar-refractivity contribution < 1.29 is 8.42 Å². The van der Waals surface area contributed by atoms with E-state index in [1.165, 1.54) is 15.4 Å². The lowest BCUT2D eigenvalue weighted by atomic mass is 9.79. The highest BCUT2D eigenvalue weighted by Crippen LogP contribution is 2.40. The van der Waals surface area contributed by atoms with Crippen molar-refractivity contribution in [1.29, 1.82) is 0 Å². The van der Waals surface area contributed by atoms with Crippen molar-refractivity contribution in [3.05, 3.63) is 35.4 Å². The summed E-state index contributed by atoms with van der Waals surface area (Å²) in [6.07, 6.45) is 3.26. The van der Waals surface area contributed by atoms with E-state index >= 15 is 0 Å².